The third-order valence-corrected chi connectivity index (χ3v) is 3.39. The largest absolute Gasteiger partial charge is 0.478 e. The van der Waals surface area contributed by atoms with E-state index in [0.717, 1.165) is 0 Å². The number of hydrogen-bond donors (Lipinski definition) is 2. The third-order valence-electron chi connectivity index (χ3n) is 3.09. The number of ether oxygens (including phenoxy) is 1. The molecule has 1 unspecified atom stereocenters. The van der Waals surface area contributed by atoms with Gasteiger partial charge >= 0.3 is 0 Å². The normalized spacial score (nSPS) is 11.6. The summed E-state index contributed by atoms with van der Waals surface area (Å²) in [5.74, 6) is 0.0111. The van der Waals surface area contributed by atoms with Gasteiger partial charge < -0.3 is 19.8 Å². The zero-order chi connectivity index (χ0) is 17.5. The molecule has 0 saturated carbocycles. The second-order valence-corrected chi connectivity index (χ2v) is 5.31. The maximum Gasteiger partial charge on any atom is 0.272 e. The van der Waals surface area contributed by atoms with Crippen LogP contribution < -0.4 is 15.4 Å². The Balaban J connectivity index is 1.95. The minimum atomic E-state index is -0.763. The highest BCUT2D eigenvalue weighted by molar-refractivity contribution is 6.33. The fraction of sp³-hybridized carbons (Fsp3) is 0.312. The number of furan rings is 1. The van der Waals surface area contributed by atoms with E-state index in [1.165, 1.54) is 12.3 Å². The molecule has 0 fully saturated rings. The number of amides is 2. The smallest absolute Gasteiger partial charge is 0.272 e. The van der Waals surface area contributed by atoms with E-state index in [1.807, 2.05) is 6.92 Å². The molecule has 0 radical (unpaired) electrons. The molecule has 0 bridgehead atoms. The summed E-state index contributed by atoms with van der Waals surface area (Å²) in [6.45, 7) is 4.03. The summed E-state index contributed by atoms with van der Waals surface area (Å²) >= 11 is 5.99. The van der Waals surface area contributed by atoms with Gasteiger partial charge in [0.05, 0.1) is 24.4 Å². The first-order valence-corrected chi connectivity index (χ1v) is 7.79. The molecule has 2 N–H and O–H groups in total. The van der Waals surface area contributed by atoms with Gasteiger partial charge in [-0.2, -0.15) is 0 Å². The van der Waals surface area contributed by atoms with Crippen molar-refractivity contribution in [1.29, 1.82) is 0 Å². The van der Waals surface area contributed by atoms with Crippen LogP contribution >= 0.6 is 11.6 Å². The Kier molecular flexibility index (Phi) is 6.20. The van der Waals surface area contributed by atoms with Crippen LogP contribution in [0, 0.1) is 0 Å². The van der Waals surface area contributed by atoms with Crippen LogP contribution in [0.1, 0.15) is 30.1 Å². The maximum absolute atomic E-state index is 12.3. The molecule has 0 aliphatic heterocycles. The summed E-state index contributed by atoms with van der Waals surface area (Å²) in [6, 6.07) is 5.80. The number of halogens is 1. The lowest BCUT2D eigenvalue weighted by Crippen LogP contribution is -2.44. The van der Waals surface area contributed by atoms with Crippen molar-refractivity contribution >= 4 is 23.4 Å². The summed E-state index contributed by atoms with van der Waals surface area (Å²) in [5.41, 5.74) is 0.00769. The van der Waals surface area contributed by atoms with E-state index < -0.39 is 11.9 Å². The summed E-state index contributed by atoms with van der Waals surface area (Å²) in [5, 5.41) is 5.39. The zero-order valence-corrected chi connectivity index (χ0v) is 14.1. The van der Waals surface area contributed by atoms with Crippen LogP contribution in [0.4, 0.5) is 0 Å². The van der Waals surface area contributed by atoms with Crippen LogP contribution in [0.2, 0.25) is 5.02 Å². The van der Waals surface area contributed by atoms with Gasteiger partial charge in [0.25, 0.3) is 5.91 Å². The minimum Gasteiger partial charge on any atom is -0.478 e. The molecule has 0 spiro atoms. The Hall–Kier alpha value is -2.54. The molecule has 24 heavy (non-hydrogen) atoms. The molecular formula is C16H18ClN3O4. The fourth-order valence-corrected chi connectivity index (χ4v) is 2.07. The van der Waals surface area contributed by atoms with E-state index >= 15 is 0 Å². The zero-order valence-electron chi connectivity index (χ0n) is 13.3. The van der Waals surface area contributed by atoms with Crippen molar-refractivity contribution in [2.45, 2.75) is 26.4 Å². The number of carbonyl (C=O) groups is 2. The highest BCUT2D eigenvalue weighted by Crippen LogP contribution is 2.18. The highest BCUT2D eigenvalue weighted by atomic mass is 35.5. The SMILES string of the molecule is CCOc1ccc(Cl)c(C(=O)NC(C)C(=O)NCc2ccco2)n1. The topological polar surface area (TPSA) is 93.5 Å². The molecule has 128 valence electrons. The van der Waals surface area contributed by atoms with E-state index in [9.17, 15) is 9.59 Å². The van der Waals surface area contributed by atoms with Gasteiger partial charge in [0.15, 0.2) is 5.69 Å². The lowest BCUT2D eigenvalue weighted by Gasteiger charge is -2.14. The molecule has 1 atom stereocenters. The maximum atomic E-state index is 12.3. The summed E-state index contributed by atoms with van der Waals surface area (Å²) < 4.78 is 10.4. The van der Waals surface area contributed by atoms with Crippen molar-refractivity contribution in [3.05, 3.63) is 47.0 Å². The Morgan fingerprint density at radius 2 is 2.17 bits per heavy atom. The lowest BCUT2D eigenvalue weighted by molar-refractivity contribution is -0.122. The molecule has 2 aromatic heterocycles. The number of carbonyl (C=O) groups excluding carboxylic acids is 2. The van der Waals surface area contributed by atoms with E-state index in [0.29, 0.717) is 18.2 Å². The van der Waals surface area contributed by atoms with Gasteiger partial charge in [-0.25, -0.2) is 4.98 Å². The third kappa shape index (κ3) is 4.73. The highest BCUT2D eigenvalue weighted by Gasteiger charge is 2.20. The number of aromatic nitrogens is 1. The summed E-state index contributed by atoms with van der Waals surface area (Å²) in [4.78, 5) is 28.3. The van der Waals surface area contributed by atoms with E-state index in [-0.39, 0.29) is 23.2 Å². The standard InChI is InChI=1S/C16H18ClN3O4/c1-3-23-13-7-6-12(17)14(20-13)16(22)19-10(2)15(21)18-9-11-5-4-8-24-11/h4-8,10H,3,9H2,1-2H3,(H,18,21)(H,19,22). The van der Waals surface area contributed by atoms with Crippen LogP contribution in [0.5, 0.6) is 5.88 Å². The molecule has 0 aliphatic carbocycles. The Morgan fingerprint density at radius 3 is 2.83 bits per heavy atom. The number of rotatable bonds is 7. The van der Waals surface area contributed by atoms with Gasteiger partial charge in [0.2, 0.25) is 11.8 Å². The summed E-state index contributed by atoms with van der Waals surface area (Å²) in [6.07, 6.45) is 1.52. The van der Waals surface area contributed by atoms with Crippen LogP contribution in [-0.2, 0) is 11.3 Å². The second kappa shape index (κ2) is 8.35. The molecule has 2 aromatic rings. The predicted octanol–water partition coefficient (Wildman–Crippen LogP) is 2.16. The molecular weight excluding hydrogens is 334 g/mol. The number of pyridine rings is 1. The van der Waals surface area contributed by atoms with Crippen molar-refractivity contribution < 1.29 is 18.7 Å². The molecule has 2 amide bonds. The monoisotopic (exact) mass is 351 g/mol. The van der Waals surface area contributed by atoms with Crippen molar-refractivity contribution in [3.8, 4) is 5.88 Å². The first-order valence-electron chi connectivity index (χ1n) is 7.41. The first-order chi connectivity index (χ1) is 11.5. The molecule has 8 heteroatoms. The molecule has 2 rings (SSSR count). The van der Waals surface area contributed by atoms with Crippen LogP contribution in [-0.4, -0.2) is 29.4 Å². The molecule has 0 aliphatic rings. The van der Waals surface area contributed by atoms with Gasteiger partial charge in [-0.3, -0.25) is 9.59 Å². The van der Waals surface area contributed by atoms with Gasteiger partial charge in [-0.15, -0.1) is 0 Å². The Morgan fingerprint density at radius 1 is 1.38 bits per heavy atom. The van der Waals surface area contributed by atoms with E-state index in [4.69, 9.17) is 20.8 Å². The van der Waals surface area contributed by atoms with Crippen molar-refractivity contribution in [1.82, 2.24) is 15.6 Å². The lowest BCUT2D eigenvalue weighted by atomic mass is 10.2. The fourth-order valence-electron chi connectivity index (χ4n) is 1.88. The molecule has 7 nitrogen and oxygen atoms in total. The molecule has 0 saturated heterocycles. The quantitative estimate of drug-likeness (QED) is 0.797. The van der Waals surface area contributed by atoms with E-state index in [2.05, 4.69) is 15.6 Å². The predicted molar refractivity (Wildman–Crippen MR) is 87.9 cm³/mol. The number of nitrogens with zero attached hydrogens (tertiary/aromatic N) is 1. The van der Waals surface area contributed by atoms with Crippen molar-refractivity contribution in [2.24, 2.45) is 0 Å². The second-order valence-electron chi connectivity index (χ2n) is 4.91. The Labute approximate surface area is 144 Å². The summed E-state index contributed by atoms with van der Waals surface area (Å²) in [7, 11) is 0. The molecule has 0 aromatic carbocycles. The van der Waals surface area contributed by atoms with Crippen molar-refractivity contribution in [2.75, 3.05) is 6.61 Å². The van der Waals surface area contributed by atoms with Crippen LogP contribution in [0.15, 0.2) is 34.9 Å². The minimum absolute atomic E-state index is 0.00769. The van der Waals surface area contributed by atoms with Gasteiger partial charge in [-0.05, 0) is 32.0 Å². The van der Waals surface area contributed by atoms with Gasteiger partial charge in [-0.1, -0.05) is 11.6 Å². The van der Waals surface area contributed by atoms with Crippen molar-refractivity contribution in [3.63, 3.8) is 0 Å². The van der Waals surface area contributed by atoms with E-state index in [1.54, 1.807) is 25.1 Å². The number of nitrogens with one attached hydrogen (secondary N) is 2. The Bertz CT molecular complexity index is 703. The number of hydrogen-bond acceptors (Lipinski definition) is 5. The molecule has 2 heterocycles. The average molecular weight is 352 g/mol. The van der Waals surface area contributed by atoms with Crippen LogP contribution in [0.3, 0.4) is 0 Å². The van der Waals surface area contributed by atoms with Crippen LogP contribution in [0.25, 0.3) is 0 Å². The average Bonchev–Trinajstić information content (AvgIpc) is 3.07. The first kappa shape index (κ1) is 17.8. The van der Waals surface area contributed by atoms with Gasteiger partial charge in [0.1, 0.15) is 11.8 Å². The van der Waals surface area contributed by atoms with Gasteiger partial charge in [0, 0.05) is 6.07 Å².